The van der Waals surface area contributed by atoms with E-state index in [9.17, 15) is 4.79 Å². The molecule has 0 bridgehead atoms. The van der Waals surface area contributed by atoms with Crippen LogP contribution in [0.2, 0.25) is 0 Å². The third-order valence-electron chi connectivity index (χ3n) is 4.06. The molecule has 3 aromatic rings. The number of thiophene rings is 1. The summed E-state index contributed by atoms with van der Waals surface area (Å²) >= 11 is 1.42. The van der Waals surface area contributed by atoms with Crippen molar-refractivity contribution >= 4 is 28.5 Å². The molecule has 0 radical (unpaired) electrons. The van der Waals surface area contributed by atoms with Crippen LogP contribution in [0.5, 0.6) is 11.5 Å². The maximum atomic E-state index is 12.6. The molecule has 0 N–H and O–H groups in total. The zero-order valence-electron chi connectivity index (χ0n) is 14.7. The van der Waals surface area contributed by atoms with E-state index < -0.39 is 0 Å². The van der Waals surface area contributed by atoms with Crippen molar-refractivity contribution in [1.82, 2.24) is 0 Å². The zero-order chi connectivity index (χ0) is 18.6. The monoisotopic (exact) mass is 379 g/mol. The van der Waals surface area contributed by atoms with Crippen LogP contribution in [-0.2, 0) is 4.74 Å². The third-order valence-corrected chi connectivity index (χ3v) is 4.95. The number of fused-ring (bicyclic) bond motifs is 1. The average molecular weight is 379 g/mol. The van der Waals surface area contributed by atoms with Crippen LogP contribution in [0, 0.1) is 0 Å². The molecule has 5 nitrogen and oxygen atoms in total. The molecule has 27 heavy (non-hydrogen) atoms. The molecule has 1 aromatic heterocycles. The standard InChI is InChI=1S/C21H17NO4S/c1-2-24-21(23)19-16(15-6-4-3-5-7-15)12-27-20(19)22-11-14-8-9-17-18(10-14)26-13-25-17/h3-12H,2,13H2,1H3. The van der Waals surface area contributed by atoms with Crippen molar-refractivity contribution in [3.8, 4) is 22.6 Å². The molecular weight excluding hydrogens is 362 g/mol. The Hall–Kier alpha value is -3.12. The lowest BCUT2D eigenvalue weighted by Crippen LogP contribution is -2.05. The highest BCUT2D eigenvalue weighted by Gasteiger charge is 2.21. The van der Waals surface area contributed by atoms with E-state index in [-0.39, 0.29) is 12.8 Å². The topological polar surface area (TPSA) is 57.1 Å². The number of ether oxygens (including phenoxy) is 3. The van der Waals surface area contributed by atoms with Crippen molar-refractivity contribution in [2.24, 2.45) is 4.99 Å². The molecule has 0 fully saturated rings. The van der Waals surface area contributed by atoms with Crippen molar-refractivity contribution in [2.45, 2.75) is 6.92 Å². The molecule has 4 rings (SSSR count). The summed E-state index contributed by atoms with van der Waals surface area (Å²) in [5.74, 6) is 1.05. The lowest BCUT2D eigenvalue weighted by molar-refractivity contribution is 0.0529. The molecule has 0 saturated heterocycles. The first kappa shape index (κ1) is 17.3. The molecular formula is C21H17NO4S. The Balaban J connectivity index is 1.70. The van der Waals surface area contributed by atoms with Crippen molar-refractivity contribution in [3.63, 3.8) is 0 Å². The van der Waals surface area contributed by atoms with Crippen molar-refractivity contribution in [3.05, 3.63) is 65.0 Å². The molecule has 0 atom stereocenters. The number of hydrogen-bond acceptors (Lipinski definition) is 6. The quantitative estimate of drug-likeness (QED) is 0.459. The van der Waals surface area contributed by atoms with E-state index in [4.69, 9.17) is 14.2 Å². The van der Waals surface area contributed by atoms with Gasteiger partial charge in [0.25, 0.3) is 0 Å². The number of carbonyl (C=O) groups excluding carboxylic acids is 1. The number of carbonyl (C=O) groups is 1. The van der Waals surface area contributed by atoms with Gasteiger partial charge in [0, 0.05) is 17.2 Å². The number of esters is 1. The minimum Gasteiger partial charge on any atom is -0.462 e. The number of benzene rings is 2. The molecule has 1 aliphatic rings. The summed E-state index contributed by atoms with van der Waals surface area (Å²) in [5.41, 5.74) is 3.15. The van der Waals surface area contributed by atoms with E-state index in [0.717, 1.165) is 22.4 Å². The van der Waals surface area contributed by atoms with E-state index in [1.165, 1.54) is 11.3 Å². The van der Waals surface area contributed by atoms with Crippen LogP contribution in [0.4, 0.5) is 5.00 Å². The second kappa shape index (κ2) is 7.63. The van der Waals surface area contributed by atoms with Gasteiger partial charge in [-0.1, -0.05) is 30.3 Å². The van der Waals surface area contributed by atoms with Gasteiger partial charge in [-0.3, -0.25) is 0 Å². The van der Waals surface area contributed by atoms with Gasteiger partial charge in [0.05, 0.1) is 6.61 Å². The fourth-order valence-electron chi connectivity index (χ4n) is 2.80. The first-order chi connectivity index (χ1) is 13.3. The minimum absolute atomic E-state index is 0.230. The van der Waals surface area contributed by atoms with Gasteiger partial charge < -0.3 is 14.2 Å². The Bertz CT molecular complexity index is 995. The van der Waals surface area contributed by atoms with Crippen molar-refractivity contribution in [1.29, 1.82) is 0 Å². The van der Waals surface area contributed by atoms with Gasteiger partial charge in [-0.2, -0.15) is 0 Å². The van der Waals surface area contributed by atoms with E-state index in [1.54, 1.807) is 13.1 Å². The van der Waals surface area contributed by atoms with Crippen LogP contribution in [0.15, 0.2) is 58.9 Å². The molecule has 1 aliphatic heterocycles. The van der Waals surface area contributed by atoms with Gasteiger partial charge >= 0.3 is 5.97 Å². The zero-order valence-corrected chi connectivity index (χ0v) is 15.5. The molecule has 0 unspecified atom stereocenters. The SMILES string of the molecule is CCOC(=O)c1c(-c2ccccc2)csc1N=Cc1ccc2c(c1)OCO2. The van der Waals surface area contributed by atoms with Crippen LogP contribution in [0.1, 0.15) is 22.8 Å². The van der Waals surface area contributed by atoms with E-state index >= 15 is 0 Å². The summed E-state index contributed by atoms with van der Waals surface area (Å²) in [6.07, 6.45) is 1.71. The summed E-state index contributed by atoms with van der Waals surface area (Å²) in [5, 5.41) is 2.55. The van der Waals surface area contributed by atoms with E-state index in [0.29, 0.717) is 22.9 Å². The van der Waals surface area contributed by atoms with Crippen LogP contribution in [0.3, 0.4) is 0 Å². The Morgan fingerprint density at radius 3 is 2.81 bits per heavy atom. The van der Waals surface area contributed by atoms with Gasteiger partial charge in [0.2, 0.25) is 6.79 Å². The highest BCUT2D eigenvalue weighted by molar-refractivity contribution is 7.14. The number of aliphatic imine (C=N–C) groups is 1. The fraction of sp³-hybridized carbons (Fsp3) is 0.143. The third kappa shape index (κ3) is 3.57. The second-order valence-electron chi connectivity index (χ2n) is 5.79. The fourth-order valence-corrected chi connectivity index (χ4v) is 3.71. The van der Waals surface area contributed by atoms with E-state index in [1.807, 2.05) is 53.9 Å². The van der Waals surface area contributed by atoms with Gasteiger partial charge in [-0.05, 0) is 36.2 Å². The average Bonchev–Trinajstić information content (AvgIpc) is 3.33. The summed E-state index contributed by atoms with van der Waals surface area (Å²) in [4.78, 5) is 17.1. The molecule has 2 aromatic carbocycles. The van der Waals surface area contributed by atoms with Gasteiger partial charge in [0.15, 0.2) is 11.5 Å². The predicted octanol–water partition coefficient (Wildman–Crippen LogP) is 5.07. The molecule has 136 valence electrons. The molecule has 0 saturated carbocycles. The molecule has 0 aliphatic carbocycles. The second-order valence-corrected chi connectivity index (χ2v) is 6.65. The van der Waals surface area contributed by atoms with Crippen molar-refractivity contribution in [2.75, 3.05) is 13.4 Å². The van der Waals surface area contributed by atoms with E-state index in [2.05, 4.69) is 4.99 Å². The molecule has 0 amide bonds. The van der Waals surface area contributed by atoms with Crippen LogP contribution in [-0.4, -0.2) is 25.6 Å². The highest BCUT2D eigenvalue weighted by Crippen LogP contribution is 2.38. The molecule has 0 spiro atoms. The Morgan fingerprint density at radius 2 is 2.00 bits per heavy atom. The molecule has 6 heteroatoms. The highest BCUT2D eigenvalue weighted by atomic mass is 32.1. The Kier molecular flexibility index (Phi) is 4.89. The summed E-state index contributed by atoms with van der Waals surface area (Å²) in [6, 6.07) is 15.4. The normalized spacial score (nSPS) is 12.5. The van der Waals surface area contributed by atoms with Gasteiger partial charge in [-0.25, -0.2) is 9.79 Å². The van der Waals surface area contributed by atoms with Gasteiger partial charge in [0.1, 0.15) is 10.6 Å². The predicted molar refractivity (Wildman–Crippen MR) is 106 cm³/mol. The minimum atomic E-state index is -0.365. The molecule has 2 heterocycles. The van der Waals surface area contributed by atoms with Gasteiger partial charge in [-0.15, -0.1) is 11.3 Å². The van der Waals surface area contributed by atoms with Crippen LogP contribution < -0.4 is 9.47 Å². The smallest absolute Gasteiger partial charge is 0.341 e. The number of hydrogen-bond donors (Lipinski definition) is 0. The Labute approximate surface area is 160 Å². The Morgan fingerprint density at radius 1 is 1.19 bits per heavy atom. The van der Waals surface area contributed by atoms with Crippen molar-refractivity contribution < 1.29 is 19.0 Å². The lowest BCUT2D eigenvalue weighted by atomic mass is 10.0. The summed E-state index contributed by atoms with van der Waals surface area (Å²) < 4.78 is 16.0. The summed E-state index contributed by atoms with van der Waals surface area (Å²) in [7, 11) is 0. The first-order valence-electron chi connectivity index (χ1n) is 8.54. The van der Waals surface area contributed by atoms with Crippen LogP contribution >= 0.6 is 11.3 Å². The lowest BCUT2D eigenvalue weighted by Gasteiger charge is -2.05. The number of nitrogens with zero attached hydrogens (tertiary/aromatic N) is 1. The largest absolute Gasteiger partial charge is 0.462 e. The van der Waals surface area contributed by atoms with Crippen LogP contribution in [0.25, 0.3) is 11.1 Å². The first-order valence-corrected chi connectivity index (χ1v) is 9.42. The maximum Gasteiger partial charge on any atom is 0.341 e. The summed E-state index contributed by atoms with van der Waals surface area (Å²) in [6.45, 7) is 2.34. The number of rotatable bonds is 5. The maximum absolute atomic E-state index is 12.6.